The van der Waals surface area contributed by atoms with E-state index in [2.05, 4.69) is 10.1 Å². The first-order valence-corrected chi connectivity index (χ1v) is 6.46. The van der Waals surface area contributed by atoms with Crippen molar-refractivity contribution in [1.29, 1.82) is 0 Å². The number of carbonyl (C=O) groups excluding carboxylic acids is 1. The van der Waals surface area contributed by atoms with Gasteiger partial charge in [0.05, 0.1) is 25.6 Å². The van der Waals surface area contributed by atoms with Gasteiger partial charge in [0.25, 0.3) is 0 Å². The number of aromatic nitrogens is 3. The van der Waals surface area contributed by atoms with Crippen LogP contribution in [0.5, 0.6) is 11.6 Å². The molecule has 0 bridgehead atoms. The first-order valence-electron chi connectivity index (χ1n) is 6.46. The molecule has 21 heavy (non-hydrogen) atoms. The molecule has 7 heteroatoms. The van der Waals surface area contributed by atoms with Crippen molar-refractivity contribution in [3.63, 3.8) is 0 Å². The fourth-order valence-electron chi connectivity index (χ4n) is 1.76. The molecule has 0 aromatic carbocycles. The molecule has 0 aliphatic heterocycles. The van der Waals surface area contributed by atoms with Crippen LogP contribution >= 0.6 is 0 Å². The average molecular weight is 291 g/mol. The lowest BCUT2D eigenvalue weighted by molar-refractivity contribution is 0.0523. The highest BCUT2D eigenvalue weighted by molar-refractivity contribution is 5.90. The van der Waals surface area contributed by atoms with Gasteiger partial charge in [0.2, 0.25) is 5.88 Å². The Labute approximate surface area is 122 Å². The highest BCUT2D eigenvalue weighted by Crippen LogP contribution is 2.18. The number of aryl methyl sites for hydroxylation is 1. The molecule has 2 heterocycles. The smallest absolute Gasteiger partial charge is 0.341 e. The van der Waals surface area contributed by atoms with Gasteiger partial charge in [-0.25, -0.2) is 9.78 Å². The fraction of sp³-hybridized carbons (Fsp3) is 0.357. The lowest BCUT2D eigenvalue weighted by atomic mass is 10.2. The number of hydrogen-bond donors (Lipinski definition) is 0. The summed E-state index contributed by atoms with van der Waals surface area (Å²) in [4.78, 5) is 15.8. The first-order chi connectivity index (χ1) is 10.2. The molecule has 112 valence electrons. The fourth-order valence-corrected chi connectivity index (χ4v) is 1.76. The Hall–Kier alpha value is -2.57. The Morgan fingerprint density at radius 1 is 1.43 bits per heavy atom. The predicted molar refractivity (Wildman–Crippen MR) is 74.3 cm³/mol. The van der Waals surface area contributed by atoms with Gasteiger partial charge in [0.1, 0.15) is 17.9 Å². The largest absolute Gasteiger partial charge is 0.487 e. The maximum absolute atomic E-state index is 11.8. The minimum atomic E-state index is -0.406. The molecular formula is C14H17N3O4. The van der Waals surface area contributed by atoms with E-state index in [0.717, 1.165) is 0 Å². The van der Waals surface area contributed by atoms with E-state index in [1.54, 1.807) is 37.0 Å². The molecule has 2 aromatic rings. The number of carbonyl (C=O) groups is 1. The van der Waals surface area contributed by atoms with Gasteiger partial charge in [-0.1, -0.05) is 0 Å². The molecule has 0 saturated carbocycles. The number of nitrogens with zero attached hydrogens (tertiary/aromatic N) is 3. The van der Waals surface area contributed by atoms with Crippen molar-refractivity contribution >= 4 is 5.97 Å². The number of ether oxygens (including phenoxy) is 3. The van der Waals surface area contributed by atoms with E-state index in [0.29, 0.717) is 29.5 Å². The van der Waals surface area contributed by atoms with E-state index in [-0.39, 0.29) is 6.61 Å². The summed E-state index contributed by atoms with van der Waals surface area (Å²) in [5.74, 6) is 0.650. The van der Waals surface area contributed by atoms with Crippen LogP contribution in [0.1, 0.15) is 23.0 Å². The van der Waals surface area contributed by atoms with Crippen molar-refractivity contribution in [3.05, 3.63) is 35.8 Å². The highest BCUT2D eigenvalue weighted by atomic mass is 16.5. The summed E-state index contributed by atoms with van der Waals surface area (Å²) in [5.41, 5.74) is 1.05. The lowest BCUT2D eigenvalue weighted by Gasteiger charge is -2.09. The minimum absolute atomic E-state index is 0.192. The number of rotatable bonds is 6. The summed E-state index contributed by atoms with van der Waals surface area (Å²) < 4.78 is 17.3. The van der Waals surface area contributed by atoms with E-state index >= 15 is 0 Å². The lowest BCUT2D eigenvalue weighted by Crippen LogP contribution is -2.11. The summed E-state index contributed by atoms with van der Waals surface area (Å²) in [6.07, 6.45) is 3.06. The van der Waals surface area contributed by atoms with Gasteiger partial charge in [-0.05, 0) is 13.0 Å². The first kappa shape index (κ1) is 14.8. The van der Waals surface area contributed by atoms with Gasteiger partial charge in [0.15, 0.2) is 0 Å². The van der Waals surface area contributed by atoms with Crippen molar-refractivity contribution < 1.29 is 19.0 Å². The van der Waals surface area contributed by atoms with Gasteiger partial charge < -0.3 is 14.2 Å². The standard InChI is InChI=1S/C14H17N3O4/c1-4-20-14(18)11-8-16-17(2)12(11)9-21-10-5-6-15-13(7-10)19-3/h5-8H,4,9H2,1-3H3. The summed E-state index contributed by atoms with van der Waals surface area (Å²) >= 11 is 0. The van der Waals surface area contributed by atoms with Crippen LogP contribution in [0.15, 0.2) is 24.5 Å². The number of esters is 1. The molecule has 2 aromatic heterocycles. The molecule has 0 aliphatic carbocycles. The second-order valence-corrected chi connectivity index (χ2v) is 4.17. The average Bonchev–Trinajstić information content (AvgIpc) is 2.86. The zero-order valence-corrected chi connectivity index (χ0v) is 12.2. The van der Waals surface area contributed by atoms with E-state index in [1.165, 1.54) is 13.3 Å². The van der Waals surface area contributed by atoms with Gasteiger partial charge in [0, 0.05) is 19.3 Å². The van der Waals surface area contributed by atoms with Crippen molar-refractivity contribution in [2.75, 3.05) is 13.7 Å². The number of pyridine rings is 1. The van der Waals surface area contributed by atoms with Crippen LogP contribution in [0, 0.1) is 0 Å². The maximum atomic E-state index is 11.8. The molecule has 2 rings (SSSR count). The third-order valence-electron chi connectivity index (χ3n) is 2.85. The normalized spacial score (nSPS) is 10.2. The second kappa shape index (κ2) is 6.74. The predicted octanol–water partition coefficient (Wildman–Crippen LogP) is 1.58. The molecule has 0 spiro atoms. The second-order valence-electron chi connectivity index (χ2n) is 4.17. The summed E-state index contributed by atoms with van der Waals surface area (Å²) in [6.45, 7) is 2.26. The Balaban J connectivity index is 2.12. The van der Waals surface area contributed by atoms with E-state index in [9.17, 15) is 4.79 Å². The molecule has 0 radical (unpaired) electrons. The van der Waals surface area contributed by atoms with Crippen LogP contribution in [-0.2, 0) is 18.4 Å². The topological polar surface area (TPSA) is 75.5 Å². The third-order valence-corrected chi connectivity index (χ3v) is 2.85. The van der Waals surface area contributed by atoms with Crippen molar-refractivity contribution in [1.82, 2.24) is 14.8 Å². The van der Waals surface area contributed by atoms with Gasteiger partial charge in [-0.3, -0.25) is 4.68 Å². The molecule has 0 amide bonds. The summed E-state index contributed by atoms with van der Waals surface area (Å²) in [7, 11) is 3.28. The van der Waals surface area contributed by atoms with Gasteiger partial charge in [-0.2, -0.15) is 5.10 Å². The van der Waals surface area contributed by atoms with Gasteiger partial charge >= 0.3 is 5.97 Å². The van der Waals surface area contributed by atoms with Crippen LogP contribution in [0.3, 0.4) is 0 Å². The molecule has 0 atom stereocenters. The maximum Gasteiger partial charge on any atom is 0.341 e. The molecule has 0 fully saturated rings. The minimum Gasteiger partial charge on any atom is -0.487 e. The Morgan fingerprint density at radius 2 is 2.24 bits per heavy atom. The molecule has 0 saturated heterocycles. The van der Waals surface area contributed by atoms with Crippen LogP contribution in [0.4, 0.5) is 0 Å². The number of methoxy groups -OCH3 is 1. The Morgan fingerprint density at radius 3 is 2.95 bits per heavy atom. The highest BCUT2D eigenvalue weighted by Gasteiger charge is 2.17. The van der Waals surface area contributed by atoms with Crippen molar-refractivity contribution in [3.8, 4) is 11.6 Å². The molecule has 0 aliphatic rings. The molecular weight excluding hydrogens is 274 g/mol. The van der Waals surface area contributed by atoms with Crippen molar-refractivity contribution in [2.45, 2.75) is 13.5 Å². The van der Waals surface area contributed by atoms with Crippen LogP contribution in [0.25, 0.3) is 0 Å². The Kier molecular flexibility index (Phi) is 4.76. The third kappa shape index (κ3) is 3.50. The SMILES string of the molecule is CCOC(=O)c1cnn(C)c1COc1ccnc(OC)c1. The van der Waals surface area contributed by atoms with E-state index < -0.39 is 5.97 Å². The summed E-state index contributed by atoms with van der Waals surface area (Å²) in [6, 6.07) is 3.38. The summed E-state index contributed by atoms with van der Waals surface area (Å²) in [5, 5.41) is 4.06. The van der Waals surface area contributed by atoms with Crippen molar-refractivity contribution in [2.24, 2.45) is 7.05 Å². The monoisotopic (exact) mass is 291 g/mol. The molecule has 0 N–H and O–H groups in total. The van der Waals surface area contributed by atoms with Crippen LogP contribution < -0.4 is 9.47 Å². The van der Waals surface area contributed by atoms with E-state index in [4.69, 9.17) is 14.2 Å². The zero-order chi connectivity index (χ0) is 15.2. The van der Waals surface area contributed by atoms with Crippen LogP contribution in [-0.4, -0.2) is 34.5 Å². The van der Waals surface area contributed by atoms with Crippen LogP contribution in [0.2, 0.25) is 0 Å². The number of hydrogen-bond acceptors (Lipinski definition) is 6. The van der Waals surface area contributed by atoms with Gasteiger partial charge in [-0.15, -0.1) is 0 Å². The zero-order valence-electron chi connectivity index (χ0n) is 12.2. The quantitative estimate of drug-likeness (QED) is 0.752. The molecule has 0 unspecified atom stereocenters. The molecule has 7 nitrogen and oxygen atoms in total. The Bertz CT molecular complexity index is 624. The van der Waals surface area contributed by atoms with E-state index in [1.807, 2.05) is 0 Å².